The van der Waals surface area contributed by atoms with Crippen LogP contribution in [0.15, 0.2) is 71.2 Å². The summed E-state index contributed by atoms with van der Waals surface area (Å²) < 4.78 is 32.5. The maximum Gasteiger partial charge on any atom is 0.289 e. The highest BCUT2D eigenvalue weighted by Gasteiger charge is 2.15. The molecular formula is C20H19F2N3OS2. The Morgan fingerprint density at radius 3 is 2.64 bits per heavy atom. The van der Waals surface area contributed by atoms with E-state index in [1.165, 1.54) is 18.9 Å². The molecule has 0 saturated heterocycles. The van der Waals surface area contributed by atoms with Gasteiger partial charge in [-0.15, -0.1) is 16.8 Å². The third kappa shape index (κ3) is 4.94. The van der Waals surface area contributed by atoms with E-state index in [-0.39, 0.29) is 0 Å². The molecule has 8 heteroatoms. The van der Waals surface area contributed by atoms with Gasteiger partial charge in [0, 0.05) is 17.9 Å². The number of rotatable bonds is 9. The van der Waals surface area contributed by atoms with E-state index in [1.54, 1.807) is 18.2 Å². The van der Waals surface area contributed by atoms with E-state index in [0.29, 0.717) is 34.7 Å². The topological polar surface area (TPSA) is 39.9 Å². The summed E-state index contributed by atoms with van der Waals surface area (Å²) in [6, 6.07) is 15.1. The Morgan fingerprint density at radius 1 is 1.18 bits per heavy atom. The fraction of sp³-hybridized carbons (Fsp3) is 0.200. The molecule has 0 saturated carbocycles. The first-order valence-corrected chi connectivity index (χ1v) is 10.3. The molecule has 0 unspecified atom stereocenters. The lowest BCUT2D eigenvalue weighted by atomic mass is 10.2. The van der Waals surface area contributed by atoms with Crippen LogP contribution in [0.4, 0.5) is 8.78 Å². The van der Waals surface area contributed by atoms with Crippen LogP contribution in [0.1, 0.15) is 5.56 Å². The fourth-order valence-corrected chi connectivity index (χ4v) is 4.12. The van der Waals surface area contributed by atoms with E-state index >= 15 is 0 Å². The molecule has 0 atom stereocenters. The molecule has 0 N–H and O–H groups in total. The Hall–Kier alpha value is -2.32. The lowest BCUT2D eigenvalue weighted by Gasteiger charge is -2.10. The van der Waals surface area contributed by atoms with Crippen molar-refractivity contribution < 1.29 is 13.5 Å². The highest BCUT2D eigenvalue weighted by Crippen LogP contribution is 2.35. The fourth-order valence-electron chi connectivity index (χ4n) is 2.63. The van der Waals surface area contributed by atoms with Crippen LogP contribution in [0.5, 0.6) is 5.75 Å². The van der Waals surface area contributed by atoms with Crippen molar-refractivity contribution in [2.75, 3.05) is 7.11 Å². The zero-order valence-corrected chi connectivity index (χ0v) is 16.9. The summed E-state index contributed by atoms with van der Waals surface area (Å²) >= 11 is 2.01. The molecule has 0 bridgehead atoms. The van der Waals surface area contributed by atoms with Crippen molar-refractivity contribution in [1.29, 1.82) is 0 Å². The Labute approximate surface area is 171 Å². The Balaban J connectivity index is 1.79. The number of hydrogen-bond acceptors (Lipinski definition) is 5. The van der Waals surface area contributed by atoms with E-state index < -0.39 is 5.76 Å². The van der Waals surface area contributed by atoms with E-state index in [0.717, 1.165) is 22.1 Å². The van der Waals surface area contributed by atoms with E-state index in [9.17, 15) is 8.78 Å². The third-order valence-electron chi connectivity index (χ3n) is 3.87. The minimum atomic E-state index is -2.48. The number of thioether (sulfide) groups is 2. The van der Waals surface area contributed by atoms with Crippen LogP contribution in [-0.2, 0) is 12.3 Å². The van der Waals surface area contributed by atoms with Gasteiger partial charge in [0.2, 0.25) is 0 Å². The second-order valence-electron chi connectivity index (χ2n) is 5.72. The van der Waals surface area contributed by atoms with Crippen LogP contribution in [0, 0.1) is 0 Å². The number of allylic oxidation sites excluding steroid dienone is 1. The van der Waals surface area contributed by atoms with Gasteiger partial charge in [-0.1, -0.05) is 66.0 Å². The lowest BCUT2D eigenvalue weighted by molar-refractivity contribution is 0.251. The van der Waals surface area contributed by atoms with Gasteiger partial charge in [-0.25, -0.2) is 0 Å². The van der Waals surface area contributed by atoms with Crippen molar-refractivity contribution in [2.45, 2.75) is 28.1 Å². The van der Waals surface area contributed by atoms with Gasteiger partial charge in [-0.3, -0.25) is 4.57 Å². The van der Waals surface area contributed by atoms with E-state index in [4.69, 9.17) is 4.74 Å². The standard InChI is InChI=1S/C20H19F2N3OS2/c1-3-11-25-18(15-7-5-4-6-8-15)23-24-20(25)27-13-14-9-10-17(28-19(21)22)16(12-14)26-2/h3-10,12,19H,1,11,13H2,2H3. The van der Waals surface area contributed by atoms with Gasteiger partial charge >= 0.3 is 0 Å². The molecular weight excluding hydrogens is 400 g/mol. The molecule has 0 radical (unpaired) electrons. The van der Waals surface area contributed by atoms with Crippen molar-refractivity contribution >= 4 is 23.5 Å². The second kappa shape index (κ2) is 9.75. The molecule has 0 spiro atoms. The molecule has 0 aliphatic heterocycles. The number of nitrogens with zero attached hydrogens (tertiary/aromatic N) is 3. The molecule has 4 nitrogen and oxygen atoms in total. The van der Waals surface area contributed by atoms with Crippen LogP contribution in [0.3, 0.4) is 0 Å². The number of ether oxygens (including phenoxy) is 1. The van der Waals surface area contributed by atoms with Crippen molar-refractivity contribution in [3.63, 3.8) is 0 Å². The van der Waals surface area contributed by atoms with E-state index in [2.05, 4.69) is 16.8 Å². The van der Waals surface area contributed by atoms with Gasteiger partial charge in [0.25, 0.3) is 5.76 Å². The predicted octanol–water partition coefficient (Wildman–Crippen LogP) is 5.75. The van der Waals surface area contributed by atoms with E-state index in [1.807, 2.05) is 41.0 Å². The highest BCUT2D eigenvalue weighted by atomic mass is 32.2. The molecule has 28 heavy (non-hydrogen) atoms. The van der Waals surface area contributed by atoms with Crippen molar-refractivity contribution in [1.82, 2.24) is 14.8 Å². The minimum Gasteiger partial charge on any atom is -0.496 e. The van der Waals surface area contributed by atoms with Crippen molar-refractivity contribution in [3.05, 3.63) is 66.7 Å². The summed E-state index contributed by atoms with van der Waals surface area (Å²) in [5.41, 5.74) is 1.94. The smallest absolute Gasteiger partial charge is 0.289 e. The molecule has 0 amide bonds. The lowest BCUT2D eigenvalue weighted by Crippen LogP contribution is -2.00. The zero-order valence-electron chi connectivity index (χ0n) is 15.2. The maximum atomic E-state index is 12.6. The number of methoxy groups -OCH3 is 1. The Kier molecular flexibility index (Phi) is 7.11. The molecule has 146 valence electrons. The first-order valence-electron chi connectivity index (χ1n) is 8.46. The van der Waals surface area contributed by atoms with Crippen LogP contribution >= 0.6 is 23.5 Å². The van der Waals surface area contributed by atoms with Crippen LogP contribution < -0.4 is 4.74 Å². The normalized spacial score (nSPS) is 11.0. The SMILES string of the molecule is C=CCn1c(SCc2ccc(SC(F)F)c(OC)c2)nnc1-c1ccccc1. The van der Waals surface area contributed by atoms with Crippen molar-refractivity contribution in [2.24, 2.45) is 0 Å². The number of hydrogen-bond donors (Lipinski definition) is 0. The largest absolute Gasteiger partial charge is 0.496 e. The minimum absolute atomic E-state index is 0.424. The quantitative estimate of drug-likeness (QED) is 0.326. The summed E-state index contributed by atoms with van der Waals surface area (Å²) in [6.45, 7) is 4.41. The Morgan fingerprint density at radius 2 is 1.96 bits per heavy atom. The molecule has 0 fully saturated rings. The average Bonchev–Trinajstić information content (AvgIpc) is 3.10. The predicted molar refractivity (Wildman–Crippen MR) is 110 cm³/mol. The summed E-state index contributed by atoms with van der Waals surface area (Å²) in [4.78, 5) is 0.424. The first kappa shape index (κ1) is 20.4. The number of benzene rings is 2. The Bertz CT molecular complexity index is 932. The van der Waals surface area contributed by atoms with Gasteiger partial charge in [0.05, 0.1) is 12.0 Å². The molecule has 2 aromatic carbocycles. The number of halogens is 2. The van der Waals surface area contributed by atoms with Crippen LogP contribution in [-0.4, -0.2) is 27.6 Å². The summed E-state index contributed by atoms with van der Waals surface area (Å²) in [7, 11) is 1.48. The molecule has 0 aliphatic rings. The number of aromatic nitrogens is 3. The van der Waals surface area contributed by atoms with Crippen LogP contribution in [0.2, 0.25) is 0 Å². The summed E-state index contributed by atoms with van der Waals surface area (Å²) in [5.74, 6) is -0.645. The van der Waals surface area contributed by atoms with Gasteiger partial charge in [0.15, 0.2) is 11.0 Å². The molecule has 3 rings (SSSR count). The highest BCUT2D eigenvalue weighted by molar-refractivity contribution is 7.99. The molecule has 1 heterocycles. The van der Waals surface area contributed by atoms with Gasteiger partial charge < -0.3 is 4.74 Å². The van der Waals surface area contributed by atoms with Gasteiger partial charge in [-0.05, 0) is 17.7 Å². The number of alkyl halides is 2. The third-order valence-corrected chi connectivity index (χ3v) is 5.68. The van der Waals surface area contributed by atoms with Gasteiger partial charge in [-0.2, -0.15) is 8.78 Å². The van der Waals surface area contributed by atoms with Gasteiger partial charge in [0.1, 0.15) is 5.75 Å². The maximum absolute atomic E-state index is 12.6. The van der Waals surface area contributed by atoms with Crippen LogP contribution in [0.25, 0.3) is 11.4 Å². The molecule has 3 aromatic rings. The second-order valence-corrected chi connectivity index (χ2v) is 7.70. The average molecular weight is 420 g/mol. The zero-order chi connectivity index (χ0) is 19.9. The van der Waals surface area contributed by atoms with Crippen molar-refractivity contribution in [3.8, 4) is 17.1 Å². The monoisotopic (exact) mass is 419 g/mol. The summed E-state index contributed by atoms with van der Waals surface area (Å²) in [6.07, 6.45) is 1.80. The first-order chi connectivity index (χ1) is 13.6. The molecule has 1 aromatic heterocycles. The summed E-state index contributed by atoms with van der Waals surface area (Å²) in [5, 5.41) is 9.42. The molecule has 0 aliphatic carbocycles.